The van der Waals surface area contributed by atoms with Crippen molar-refractivity contribution in [3.05, 3.63) is 16.1 Å². The highest BCUT2D eigenvalue weighted by molar-refractivity contribution is 7.16. The molecule has 2 aromatic rings. The van der Waals surface area contributed by atoms with Gasteiger partial charge in [-0.25, -0.2) is 9.97 Å². The van der Waals surface area contributed by atoms with Gasteiger partial charge in [0.05, 0.1) is 21.3 Å². The Morgan fingerprint density at radius 2 is 2.00 bits per heavy atom. The monoisotopic (exact) mass is 338 g/mol. The van der Waals surface area contributed by atoms with Crippen LogP contribution in [0.15, 0.2) is 5.38 Å². The first-order valence-electron chi connectivity index (χ1n) is 7.50. The number of nitrogens with zero attached hydrogens (tertiary/aromatic N) is 2. The van der Waals surface area contributed by atoms with Gasteiger partial charge in [0.25, 0.3) is 0 Å². The first-order valence-corrected chi connectivity index (χ1v) is 9.19. The third kappa shape index (κ3) is 4.86. The van der Waals surface area contributed by atoms with Gasteiger partial charge in [0.1, 0.15) is 0 Å². The van der Waals surface area contributed by atoms with E-state index in [1.807, 2.05) is 19.2 Å². The van der Waals surface area contributed by atoms with Gasteiger partial charge in [-0.2, -0.15) is 0 Å². The number of carbonyl (C=O) groups is 1. The van der Waals surface area contributed by atoms with E-state index in [9.17, 15) is 4.79 Å². The van der Waals surface area contributed by atoms with Crippen LogP contribution in [0.25, 0.3) is 10.6 Å². The predicted molar refractivity (Wildman–Crippen MR) is 93.5 cm³/mol. The number of aryl methyl sites for hydroxylation is 2. The SMILES string of the molecule is Cc1nc(C)c(-c2csc(NC(=O)CCCCCCN)n2)s1. The summed E-state index contributed by atoms with van der Waals surface area (Å²) in [4.78, 5) is 21.9. The molecule has 3 N–H and O–H groups in total. The van der Waals surface area contributed by atoms with Crippen molar-refractivity contribution < 1.29 is 4.79 Å². The molecule has 0 aliphatic heterocycles. The fraction of sp³-hybridized carbons (Fsp3) is 0.533. The van der Waals surface area contributed by atoms with Crippen molar-refractivity contribution >= 4 is 33.7 Å². The normalized spacial score (nSPS) is 10.9. The Morgan fingerprint density at radius 1 is 1.23 bits per heavy atom. The van der Waals surface area contributed by atoms with Crippen LogP contribution in [0, 0.1) is 13.8 Å². The van der Waals surface area contributed by atoms with E-state index in [-0.39, 0.29) is 5.91 Å². The van der Waals surface area contributed by atoms with Gasteiger partial charge in [-0.1, -0.05) is 12.8 Å². The molecule has 0 saturated carbocycles. The number of amides is 1. The second kappa shape index (κ2) is 8.36. The summed E-state index contributed by atoms with van der Waals surface area (Å²) in [6, 6.07) is 0. The summed E-state index contributed by atoms with van der Waals surface area (Å²) in [5, 5.41) is 6.54. The average molecular weight is 339 g/mol. The lowest BCUT2D eigenvalue weighted by atomic mass is 10.1. The van der Waals surface area contributed by atoms with E-state index in [0.717, 1.165) is 53.5 Å². The van der Waals surface area contributed by atoms with Crippen LogP contribution in [-0.4, -0.2) is 22.4 Å². The smallest absolute Gasteiger partial charge is 0.226 e. The number of carbonyl (C=O) groups excluding carboxylic acids is 1. The first-order chi connectivity index (χ1) is 10.6. The van der Waals surface area contributed by atoms with Crippen LogP contribution in [0.3, 0.4) is 0 Å². The van der Waals surface area contributed by atoms with Crippen LogP contribution in [-0.2, 0) is 4.79 Å². The number of aromatic nitrogens is 2. The number of nitrogens with one attached hydrogen (secondary N) is 1. The molecule has 0 bridgehead atoms. The van der Waals surface area contributed by atoms with E-state index in [1.165, 1.54) is 11.3 Å². The molecule has 2 rings (SSSR count). The first kappa shape index (κ1) is 17.1. The molecule has 2 heterocycles. The lowest BCUT2D eigenvalue weighted by Gasteiger charge is -2.01. The molecular formula is C15H22N4OS2. The van der Waals surface area contributed by atoms with Gasteiger partial charge < -0.3 is 11.1 Å². The van der Waals surface area contributed by atoms with Crippen molar-refractivity contribution in [3.8, 4) is 10.6 Å². The highest BCUT2D eigenvalue weighted by Crippen LogP contribution is 2.32. The van der Waals surface area contributed by atoms with Crippen LogP contribution in [0.2, 0.25) is 0 Å². The fourth-order valence-corrected chi connectivity index (χ4v) is 3.84. The summed E-state index contributed by atoms with van der Waals surface area (Å²) in [6.07, 6.45) is 4.61. The van der Waals surface area contributed by atoms with Crippen LogP contribution >= 0.6 is 22.7 Å². The van der Waals surface area contributed by atoms with E-state index in [0.29, 0.717) is 11.6 Å². The summed E-state index contributed by atoms with van der Waals surface area (Å²) in [5.74, 6) is 0.0332. The molecule has 0 saturated heterocycles. The van der Waals surface area contributed by atoms with Gasteiger partial charge >= 0.3 is 0 Å². The van der Waals surface area contributed by atoms with Gasteiger partial charge in [-0.05, 0) is 33.2 Å². The van der Waals surface area contributed by atoms with Crippen LogP contribution in [0.4, 0.5) is 5.13 Å². The van der Waals surface area contributed by atoms with Gasteiger partial charge in [0.15, 0.2) is 5.13 Å². The minimum absolute atomic E-state index is 0.0332. The minimum Gasteiger partial charge on any atom is -0.330 e. The highest BCUT2D eigenvalue weighted by Gasteiger charge is 2.12. The van der Waals surface area contributed by atoms with E-state index in [2.05, 4.69) is 15.3 Å². The molecule has 0 spiro atoms. The topological polar surface area (TPSA) is 80.9 Å². The summed E-state index contributed by atoms with van der Waals surface area (Å²) < 4.78 is 0. The van der Waals surface area contributed by atoms with Crippen LogP contribution in [0.1, 0.15) is 42.8 Å². The molecule has 0 aliphatic rings. The van der Waals surface area contributed by atoms with Gasteiger partial charge in [0.2, 0.25) is 5.91 Å². The number of hydrogen-bond donors (Lipinski definition) is 2. The van der Waals surface area contributed by atoms with Crippen LogP contribution in [0.5, 0.6) is 0 Å². The zero-order chi connectivity index (χ0) is 15.9. The molecule has 0 radical (unpaired) electrons. The van der Waals surface area contributed by atoms with E-state index < -0.39 is 0 Å². The molecule has 0 aliphatic carbocycles. The summed E-state index contributed by atoms with van der Waals surface area (Å²) in [5.41, 5.74) is 7.33. The molecule has 2 aromatic heterocycles. The highest BCUT2D eigenvalue weighted by atomic mass is 32.1. The van der Waals surface area contributed by atoms with E-state index in [1.54, 1.807) is 11.3 Å². The standard InChI is InChI=1S/C15H22N4OS2/c1-10-14(22-11(2)17-10)12-9-21-15(18-12)19-13(20)7-5-3-4-6-8-16/h9H,3-8,16H2,1-2H3,(H,18,19,20). The Kier molecular flexibility index (Phi) is 6.48. The zero-order valence-corrected chi connectivity index (χ0v) is 14.6. The van der Waals surface area contributed by atoms with Crippen molar-refractivity contribution in [2.75, 3.05) is 11.9 Å². The second-order valence-corrected chi connectivity index (χ2v) is 7.25. The maximum Gasteiger partial charge on any atom is 0.226 e. The number of thiazole rings is 2. The van der Waals surface area contributed by atoms with Crippen LogP contribution < -0.4 is 11.1 Å². The van der Waals surface area contributed by atoms with Crippen molar-refractivity contribution in [2.45, 2.75) is 46.0 Å². The largest absolute Gasteiger partial charge is 0.330 e. The molecule has 120 valence electrons. The van der Waals surface area contributed by atoms with E-state index >= 15 is 0 Å². The van der Waals surface area contributed by atoms with Crippen molar-refractivity contribution in [1.82, 2.24) is 9.97 Å². The lowest BCUT2D eigenvalue weighted by molar-refractivity contribution is -0.116. The average Bonchev–Trinajstić information content (AvgIpc) is 3.05. The molecule has 0 fully saturated rings. The summed E-state index contributed by atoms with van der Waals surface area (Å²) in [6.45, 7) is 4.70. The Morgan fingerprint density at radius 3 is 2.68 bits per heavy atom. The molecule has 0 unspecified atom stereocenters. The van der Waals surface area contributed by atoms with Gasteiger partial charge in [0, 0.05) is 11.8 Å². The number of rotatable bonds is 8. The Hall–Kier alpha value is -1.31. The lowest BCUT2D eigenvalue weighted by Crippen LogP contribution is -2.10. The predicted octanol–water partition coefficient (Wildman–Crippen LogP) is 3.73. The maximum absolute atomic E-state index is 11.9. The van der Waals surface area contributed by atoms with E-state index in [4.69, 9.17) is 5.73 Å². The van der Waals surface area contributed by atoms with Gasteiger partial charge in [-0.3, -0.25) is 4.79 Å². The Labute approximate surface area is 139 Å². The molecule has 1 amide bonds. The van der Waals surface area contributed by atoms with Crippen molar-refractivity contribution in [3.63, 3.8) is 0 Å². The summed E-state index contributed by atoms with van der Waals surface area (Å²) in [7, 11) is 0. The molecule has 22 heavy (non-hydrogen) atoms. The molecule has 0 atom stereocenters. The molecule has 7 heteroatoms. The fourth-order valence-electron chi connectivity index (χ4n) is 2.17. The molecular weight excluding hydrogens is 316 g/mol. The number of nitrogens with two attached hydrogens (primary N) is 1. The number of hydrogen-bond acceptors (Lipinski definition) is 6. The Bertz CT molecular complexity index is 621. The number of anilines is 1. The second-order valence-electron chi connectivity index (χ2n) is 5.19. The zero-order valence-electron chi connectivity index (χ0n) is 13.0. The third-order valence-corrected chi connectivity index (χ3v) is 5.10. The molecule has 0 aromatic carbocycles. The summed E-state index contributed by atoms with van der Waals surface area (Å²) >= 11 is 3.09. The number of unbranched alkanes of at least 4 members (excludes halogenated alkanes) is 3. The third-order valence-electron chi connectivity index (χ3n) is 3.24. The quantitative estimate of drug-likeness (QED) is 0.719. The van der Waals surface area contributed by atoms with Crippen molar-refractivity contribution in [2.24, 2.45) is 5.73 Å². The van der Waals surface area contributed by atoms with Gasteiger partial charge in [-0.15, -0.1) is 22.7 Å². The minimum atomic E-state index is 0.0332. The van der Waals surface area contributed by atoms with Crippen molar-refractivity contribution in [1.29, 1.82) is 0 Å². The maximum atomic E-state index is 11.9. The Balaban J connectivity index is 1.84. The molecule has 5 nitrogen and oxygen atoms in total.